The number of carboxylic acid groups (broad SMARTS) is 3. The minimum absolute atomic E-state index is 0.0280. The van der Waals surface area contributed by atoms with Gasteiger partial charge in [-0.2, -0.15) is 26.3 Å². The molecule has 2 aromatic rings. The smallest absolute Gasteiger partial charge is 0.490 e. The highest BCUT2D eigenvalue weighted by molar-refractivity contribution is 5.98. The van der Waals surface area contributed by atoms with E-state index in [9.17, 15) is 35.9 Å². The molecule has 0 spiro atoms. The van der Waals surface area contributed by atoms with Crippen LogP contribution in [0.2, 0.25) is 0 Å². The van der Waals surface area contributed by atoms with Gasteiger partial charge in [-0.05, 0) is 37.1 Å². The maximum absolute atomic E-state index is 12.3. The van der Waals surface area contributed by atoms with E-state index in [1.165, 1.54) is 18.2 Å². The van der Waals surface area contributed by atoms with Crippen molar-refractivity contribution in [3.8, 4) is 11.5 Å². The number of carbonyl (C=O) groups excluding carboxylic acids is 1. The lowest BCUT2D eigenvalue weighted by Crippen LogP contribution is -2.27. The highest BCUT2D eigenvalue weighted by Gasteiger charge is 2.38. The molecule has 0 unspecified atom stereocenters. The number of rotatable bonds is 10. The molecule has 1 fully saturated rings. The van der Waals surface area contributed by atoms with E-state index in [0.29, 0.717) is 22.7 Å². The van der Waals surface area contributed by atoms with Crippen molar-refractivity contribution < 1.29 is 75.1 Å². The fraction of sp³-hybridized carbons (Fsp3) is 0.333. The standard InChI is InChI=1S/C23H26N4O6.2C2HF3O2/c24-21(25)17-11-18(13-19(12-17)33-14-20(28)29)31-9-10-32-23(30)16-5-3-15(4-6-16)22(26)27-7-1-2-8-27;2*3-2(4,5)1(6)7/h3-6,11-13,26H,1-2,7-10,14H2,(H3,24,25)(H,28,29);2*(H,6,7). The van der Waals surface area contributed by atoms with Crippen molar-refractivity contribution in [2.45, 2.75) is 25.2 Å². The monoisotopic (exact) mass is 682 g/mol. The number of nitrogens with one attached hydrogen (secondary N) is 2. The van der Waals surface area contributed by atoms with Crippen LogP contribution in [0.1, 0.15) is 34.3 Å². The maximum atomic E-state index is 12.3. The molecule has 0 aliphatic carbocycles. The second kappa shape index (κ2) is 17.8. The van der Waals surface area contributed by atoms with Crippen molar-refractivity contribution in [2.24, 2.45) is 5.73 Å². The van der Waals surface area contributed by atoms with Gasteiger partial charge in [0.2, 0.25) is 0 Å². The molecule has 0 atom stereocenters. The normalized spacial score (nSPS) is 12.3. The largest absolute Gasteiger partial charge is 0.490 e. The minimum Gasteiger partial charge on any atom is -0.490 e. The first kappa shape index (κ1) is 39.5. The van der Waals surface area contributed by atoms with Crippen LogP contribution in [0, 0.1) is 10.8 Å². The predicted molar refractivity (Wildman–Crippen MR) is 148 cm³/mol. The van der Waals surface area contributed by atoms with Crippen LogP contribution >= 0.6 is 0 Å². The molecule has 0 bridgehead atoms. The second-order valence-electron chi connectivity index (χ2n) is 9.00. The third-order valence-electron chi connectivity index (χ3n) is 5.44. The molecule has 0 amide bonds. The first-order chi connectivity index (χ1) is 21.7. The van der Waals surface area contributed by atoms with E-state index in [2.05, 4.69) is 0 Å². The number of carbonyl (C=O) groups is 4. The summed E-state index contributed by atoms with van der Waals surface area (Å²) in [4.78, 5) is 42.8. The summed E-state index contributed by atoms with van der Waals surface area (Å²) in [5.41, 5.74) is 6.94. The summed E-state index contributed by atoms with van der Waals surface area (Å²) in [5, 5.41) is 38.8. The number of esters is 1. The van der Waals surface area contributed by atoms with Gasteiger partial charge in [-0.25, -0.2) is 19.2 Å². The molecule has 0 saturated carbocycles. The van der Waals surface area contributed by atoms with E-state index in [0.717, 1.165) is 31.5 Å². The van der Waals surface area contributed by atoms with Crippen molar-refractivity contribution in [1.82, 2.24) is 4.90 Å². The SMILES string of the molecule is N=C(N)c1cc(OCCOC(=O)c2ccc(C(=N)N3CCCC3)cc2)cc(OCC(=O)O)c1.O=C(O)C(F)(F)F.O=C(O)C(F)(F)F. The number of likely N-dealkylation sites (tertiary alicyclic amines) is 1. The summed E-state index contributed by atoms with van der Waals surface area (Å²) in [6.45, 7) is 1.22. The van der Waals surface area contributed by atoms with Gasteiger partial charge in [0.15, 0.2) is 6.61 Å². The van der Waals surface area contributed by atoms with Crippen molar-refractivity contribution in [2.75, 3.05) is 32.9 Å². The van der Waals surface area contributed by atoms with Gasteiger partial charge in [-0.3, -0.25) is 10.8 Å². The topological polar surface area (TPSA) is 234 Å². The number of nitrogens with two attached hydrogens (primary N) is 1. The van der Waals surface area contributed by atoms with Crippen LogP contribution in [-0.2, 0) is 19.1 Å². The summed E-state index contributed by atoms with van der Waals surface area (Å²) >= 11 is 0. The van der Waals surface area contributed by atoms with Crippen molar-refractivity contribution in [3.63, 3.8) is 0 Å². The lowest BCUT2D eigenvalue weighted by atomic mass is 10.1. The Balaban J connectivity index is 0.000000658. The minimum atomic E-state index is -5.08. The van der Waals surface area contributed by atoms with E-state index in [1.807, 2.05) is 4.90 Å². The highest BCUT2D eigenvalue weighted by atomic mass is 19.4. The number of halogens is 6. The Hall–Kier alpha value is -5.56. The summed E-state index contributed by atoms with van der Waals surface area (Å²) in [6.07, 6.45) is -7.99. The highest BCUT2D eigenvalue weighted by Crippen LogP contribution is 2.23. The number of aliphatic carboxylic acids is 3. The Morgan fingerprint density at radius 2 is 1.19 bits per heavy atom. The van der Waals surface area contributed by atoms with Crippen LogP contribution < -0.4 is 15.2 Å². The van der Waals surface area contributed by atoms with Gasteiger partial charge in [0.25, 0.3) is 0 Å². The lowest BCUT2D eigenvalue weighted by molar-refractivity contribution is -0.193. The molecule has 1 aliphatic rings. The van der Waals surface area contributed by atoms with E-state index in [1.54, 1.807) is 24.3 Å². The molecular formula is C27H28F6N4O10. The van der Waals surface area contributed by atoms with Crippen LogP contribution in [-0.4, -0.2) is 101 Å². The fourth-order valence-electron chi connectivity index (χ4n) is 3.30. The van der Waals surface area contributed by atoms with Gasteiger partial charge in [-0.15, -0.1) is 0 Å². The van der Waals surface area contributed by atoms with Gasteiger partial charge >= 0.3 is 36.2 Å². The van der Waals surface area contributed by atoms with Gasteiger partial charge in [0.1, 0.15) is 36.4 Å². The average Bonchev–Trinajstić information content (AvgIpc) is 3.53. The zero-order valence-electron chi connectivity index (χ0n) is 24.0. The van der Waals surface area contributed by atoms with Crippen LogP contribution in [0.5, 0.6) is 11.5 Å². The van der Waals surface area contributed by atoms with Gasteiger partial charge in [-0.1, -0.05) is 12.1 Å². The number of nitrogen functional groups attached to an aromatic ring is 1. The number of hydrogen-bond donors (Lipinski definition) is 6. The van der Waals surface area contributed by atoms with Gasteiger partial charge < -0.3 is 40.2 Å². The Morgan fingerprint density at radius 1 is 0.745 bits per heavy atom. The molecule has 3 rings (SSSR count). The molecule has 2 aromatic carbocycles. The number of alkyl halides is 6. The van der Waals surface area contributed by atoms with Crippen molar-refractivity contribution >= 4 is 35.5 Å². The molecule has 14 nitrogen and oxygen atoms in total. The van der Waals surface area contributed by atoms with E-state index in [4.69, 9.17) is 55.7 Å². The number of benzene rings is 2. The quantitative estimate of drug-likeness (QED) is 0.0696. The van der Waals surface area contributed by atoms with Crippen LogP contribution in [0.4, 0.5) is 26.3 Å². The molecular weight excluding hydrogens is 654 g/mol. The number of ether oxygens (including phenoxy) is 3. The third kappa shape index (κ3) is 14.8. The number of amidine groups is 2. The van der Waals surface area contributed by atoms with Crippen LogP contribution in [0.25, 0.3) is 0 Å². The zero-order valence-corrected chi connectivity index (χ0v) is 24.0. The maximum Gasteiger partial charge on any atom is 0.490 e. The van der Waals surface area contributed by atoms with Gasteiger partial charge in [0.05, 0.1) is 5.56 Å². The zero-order chi connectivity index (χ0) is 35.9. The number of hydrogen-bond acceptors (Lipinski definition) is 9. The molecule has 1 heterocycles. The molecule has 20 heteroatoms. The van der Waals surface area contributed by atoms with Crippen LogP contribution in [0.15, 0.2) is 42.5 Å². The molecule has 1 aliphatic heterocycles. The first-order valence-corrected chi connectivity index (χ1v) is 12.9. The Kier molecular flexibility index (Phi) is 14.9. The summed E-state index contributed by atoms with van der Waals surface area (Å²) < 4.78 is 79.4. The second-order valence-corrected chi connectivity index (χ2v) is 9.00. The van der Waals surface area contributed by atoms with Crippen molar-refractivity contribution in [1.29, 1.82) is 10.8 Å². The number of carboxylic acids is 3. The fourth-order valence-corrected chi connectivity index (χ4v) is 3.30. The average molecular weight is 683 g/mol. The summed E-state index contributed by atoms with van der Waals surface area (Å²) in [5.74, 6) is -6.45. The Morgan fingerprint density at radius 3 is 1.62 bits per heavy atom. The Labute approximate surface area is 261 Å². The summed E-state index contributed by atoms with van der Waals surface area (Å²) in [6, 6.07) is 11.1. The number of nitrogens with zero attached hydrogens (tertiary/aromatic N) is 1. The molecule has 1 saturated heterocycles. The third-order valence-corrected chi connectivity index (χ3v) is 5.44. The Bertz CT molecular complexity index is 1400. The molecule has 7 N–H and O–H groups in total. The predicted octanol–water partition coefficient (Wildman–Crippen LogP) is 3.36. The summed E-state index contributed by atoms with van der Waals surface area (Å²) in [7, 11) is 0. The lowest BCUT2D eigenvalue weighted by Gasteiger charge is -2.18. The van der Waals surface area contributed by atoms with Crippen LogP contribution in [0.3, 0.4) is 0 Å². The first-order valence-electron chi connectivity index (χ1n) is 12.9. The van der Waals surface area contributed by atoms with E-state index < -0.39 is 42.8 Å². The van der Waals surface area contributed by atoms with E-state index in [-0.39, 0.29) is 24.8 Å². The molecule has 0 radical (unpaired) electrons. The molecule has 0 aromatic heterocycles. The van der Waals surface area contributed by atoms with E-state index >= 15 is 0 Å². The van der Waals surface area contributed by atoms with Gasteiger partial charge in [0, 0.05) is 30.3 Å². The van der Waals surface area contributed by atoms with Crippen molar-refractivity contribution in [3.05, 3.63) is 59.2 Å². The molecule has 258 valence electrons. The molecule has 47 heavy (non-hydrogen) atoms.